The lowest BCUT2D eigenvalue weighted by Gasteiger charge is -2.32. The van der Waals surface area contributed by atoms with Crippen LogP contribution in [0.1, 0.15) is 168 Å². The monoisotopic (exact) mass is 978 g/mol. The summed E-state index contributed by atoms with van der Waals surface area (Å²) in [7, 11) is 0. The van der Waals surface area contributed by atoms with Gasteiger partial charge < -0.3 is 24.8 Å². The zero-order valence-corrected chi connectivity index (χ0v) is 42.3. The Kier molecular flexibility index (Phi) is 21.0. The highest BCUT2D eigenvalue weighted by atomic mass is 16.5. The third-order valence-corrected chi connectivity index (χ3v) is 14.2. The minimum absolute atomic E-state index is 0.0250. The van der Waals surface area contributed by atoms with E-state index < -0.39 is 12.1 Å². The number of likely N-dealkylation sites (tertiary alicyclic amines) is 2. The number of aromatic nitrogens is 3. The maximum absolute atomic E-state index is 14.3. The molecule has 16 nitrogen and oxygen atoms in total. The van der Waals surface area contributed by atoms with Crippen LogP contribution in [0.3, 0.4) is 0 Å². The first-order chi connectivity index (χ1) is 34.4. The highest BCUT2D eigenvalue weighted by molar-refractivity contribution is 6.00. The number of nitrogens with zero attached hydrogens (tertiary/aromatic N) is 6. The van der Waals surface area contributed by atoms with E-state index in [1.54, 1.807) is 18.7 Å². The lowest BCUT2D eigenvalue weighted by Crippen LogP contribution is -2.50. The number of Topliss-reactive ketones (excluding diaryl/α,β-unsaturated/α-hetero) is 3. The lowest BCUT2D eigenvalue weighted by atomic mass is 9.95. The normalized spacial score (nSPS) is 16.8. The molecule has 2 saturated heterocycles. The number of nitrogens with one attached hydrogen (secondary N) is 1. The largest absolute Gasteiger partial charge is 0.466 e. The van der Waals surface area contributed by atoms with Gasteiger partial charge in [-0.2, -0.15) is 0 Å². The maximum atomic E-state index is 14.3. The molecule has 1 N–H and O–H groups in total. The molecule has 0 aliphatic carbocycles. The van der Waals surface area contributed by atoms with E-state index in [1.807, 2.05) is 69.9 Å². The SMILES string of the molecule is CCC(=O)CCCCC(=O)N1Cc2ccccc2-c2nnn(CCCCC(NC(=O)C3C[C@@H](N4CCCCC4=O)CN3C(=O)CC)C(=O)CCCCCCCOC(=O)CCC(=O)CC)c2-c2ccccc21. The van der Waals surface area contributed by atoms with Gasteiger partial charge in [0, 0.05) is 82.1 Å². The zero-order chi connectivity index (χ0) is 50.7. The second kappa shape index (κ2) is 27.5. The summed E-state index contributed by atoms with van der Waals surface area (Å²) in [5, 5.41) is 12.5. The van der Waals surface area contributed by atoms with Crippen molar-refractivity contribution in [2.45, 2.75) is 193 Å². The molecule has 3 atom stereocenters. The Morgan fingerprint density at radius 1 is 0.732 bits per heavy atom. The molecular weight excluding hydrogens is 903 g/mol. The summed E-state index contributed by atoms with van der Waals surface area (Å²) in [6, 6.07) is 13.9. The van der Waals surface area contributed by atoms with Gasteiger partial charge in [-0.15, -0.1) is 5.10 Å². The topological polar surface area (TPSA) is 198 Å². The maximum Gasteiger partial charge on any atom is 0.306 e. The Morgan fingerprint density at radius 3 is 2.21 bits per heavy atom. The van der Waals surface area contributed by atoms with Gasteiger partial charge in [-0.1, -0.05) is 87.7 Å². The quantitative estimate of drug-likeness (QED) is 0.0543. The van der Waals surface area contributed by atoms with Gasteiger partial charge in [-0.25, -0.2) is 4.68 Å². The predicted octanol–water partition coefficient (Wildman–Crippen LogP) is 8.26. The molecule has 6 rings (SSSR count). The lowest BCUT2D eigenvalue weighted by molar-refractivity contribution is -0.145. The standard InChI is InChI=1S/C55H75N7O9/c1-4-41(63)23-12-16-29-51(68)60-37-39-22-11-13-24-43(39)53-54(44-25-14-15-27-46(44)60)62(58-57-53)34-20-17-26-45(48(65)28-10-8-7-9-21-35-71-52(69)32-31-42(64)5-2)56-55(70)47-36-40(38-61(47)49(66)6-3)59-33-19-18-30-50(59)67/h11,13-15,22,24-25,27,40,45,47H,4-10,12,16-21,23,26,28-38H2,1-3H3,(H,56,70)/t40-,45?,47?/m1/s1. The van der Waals surface area contributed by atoms with E-state index in [9.17, 15) is 38.4 Å². The number of unbranched alkanes of at least 4 members (excludes halogenated alkanes) is 6. The minimum atomic E-state index is -0.798. The molecule has 16 heteroatoms. The van der Waals surface area contributed by atoms with E-state index in [-0.39, 0.29) is 91.8 Å². The highest BCUT2D eigenvalue weighted by Gasteiger charge is 2.43. The fraction of sp³-hybridized carbons (Fsp3) is 0.600. The second-order valence-electron chi connectivity index (χ2n) is 19.3. The number of piperidine rings is 1. The molecule has 2 aromatic carbocycles. The summed E-state index contributed by atoms with van der Waals surface area (Å²) in [5.74, 6) is -0.745. The van der Waals surface area contributed by atoms with Gasteiger partial charge in [0.25, 0.3) is 0 Å². The molecule has 0 spiro atoms. The molecule has 3 aromatic rings. The van der Waals surface area contributed by atoms with Crippen molar-refractivity contribution >= 4 is 52.6 Å². The van der Waals surface area contributed by atoms with E-state index in [2.05, 4.69) is 10.5 Å². The average Bonchev–Trinajstić information content (AvgIpc) is 4.02. The number of hydrogen-bond acceptors (Lipinski definition) is 11. The summed E-state index contributed by atoms with van der Waals surface area (Å²) >= 11 is 0. The van der Waals surface area contributed by atoms with Crippen LogP contribution in [0, 0.1) is 0 Å². The molecule has 1 aromatic heterocycles. The fourth-order valence-electron chi connectivity index (χ4n) is 10.1. The number of carbonyl (C=O) groups is 8. The molecule has 0 bridgehead atoms. The number of anilines is 1. The Labute approximate surface area is 419 Å². The number of rotatable bonds is 28. The molecule has 71 heavy (non-hydrogen) atoms. The van der Waals surface area contributed by atoms with Crippen molar-refractivity contribution < 1.29 is 43.1 Å². The van der Waals surface area contributed by atoms with E-state index >= 15 is 0 Å². The van der Waals surface area contributed by atoms with Gasteiger partial charge in [0.15, 0.2) is 5.78 Å². The average molecular weight is 978 g/mol. The summed E-state index contributed by atoms with van der Waals surface area (Å²) < 4.78 is 7.15. The van der Waals surface area contributed by atoms with Gasteiger partial charge in [-0.3, -0.25) is 38.4 Å². The number of esters is 1. The number of para-hydroxylation sites is 1. The molecule has 384 valence electrons. The van der Waals surface area contributed by atoms with Crippen molar-refractivity contribution in [3.8, 4) is 22.5 Å². The van der Waals surface area contributed by atoms with Crippen molar-refractivity contribution in [2.24, 2.45) is 0 Å². The number of hydrogen-bond donors (Lipinski definition) is 1. The molecular formula is C55H75N7O9. The number of amides is 4. The Balaban J connectivity index is 1.13. The number of fused-ring (bicyclic) bond motifs is 5. The number of ether oxygens (including phenoxy) is 1. The molecule has 2 fully saturated rings. The van der Waals surface area contributed by atoms with Crippen LogP contribution >= 0.6 is 0 Å². The fourth-order valence-corrected chi connectivity index (χ4v) is 10.1. The molecule has 3 aliphatic rings. The number of aryl methyl sites for hydroxylation is 1. The van der Waals surface area contributed by atoms with E-state index in [1.165, 1.54) is 0 Å². The van der Waals surface area contributed by atoms with Crippen LogP contribution in [0.5, 0.6) is 0 Å². The van der Waals surface area contributed by atoms with Gasteiger partial charge in [0.05, 0.1) is 43.0 Å². The minimum Gasteiger partial charge on any atom is -0.466 e. The first kappa shape index (κ1) is 54.3. The van der Waals surface area contributed by atoms with Crippen molar-refractivity contribution in [3.63, 3.8) is 0 Å². The van der Waals surface area contributed by atoms with Crippen molar-refractivity contribution in [1.29, 1.82) is 0 Å². The van der Waals surface area contributed by atoms with Gasteiger partial charge in [0.2, 0.25) is 23.6 Å². The van der Waals surface area contributed by atoms with Gasteiger partial charge in [0.1, 0.15) is 23.3 Å². The highest BCUT2D eigenvalue weighted by Crippen LogP contribution is 2.41. The number of carbonyl (C=O) groups excluding carboxylic acids is 8. The van der Waals surface area contributed by atoms with Crippen LogP contribution in [-0.2, 0) is 56.2 Å². The molecule has 0 saturated carbocycles. The molecule has 2 unspecified atom stereocenters. The summed E-state index contributed by atoms with van der Waals surface area (Å²) in [4.78, 5) is 109. The molecule has 4 heterocycles. The van der Waals surface area contributed by atoms with Crippen molar-refractivity contribution in [3.05, 3.63) is 54.1 Å². The molecule has 3 aliphatic heterocycles. The Morgan fingerprint density at radius 2 is 1.44 bits per heavy atom. The van der Waals surface area contributed by atoms with Gasteiger partial charge in [-0.05, 0) is 75.8 Å². The van der Waals surface area contributed by atoms with Crippen LogP contribution in [-0.4, -0.2) is 110 Å². The second-order valence-corrected chi connectivity index (χ2v) is 19.3. The zero-order valence-electron chi connectivity index (χ0n) is 42.3. The van der Waals surface area contributed by atoms with E-state index in [4.69, 9.17) is 9.84 Å². The van der Waals surface area contributed by atoms with E-state index in [0.29, 0.717) is 109 Å². The van der Waals surface area contributed by atoms with E-state index in [0.717, 1.165) is 60.2 Å². The van der Waals surface area contributed by atoms with Gasteiger partial charge >= 0.3 is 5.97 Å². The number of benzene rings is 2. The summed E-state index contributed by atoms with van der Waals surface area (Å²) in [6.45, 7) is 7.38. The van der Waals surface area contributed by atoms with Crippen LogP contribution in [0.4, 0.5) is 5.69 Å². The molecule has 4 amide bonds. The van der Waals surface area contributed by atoms with Crippen LogP contribution in [0.2, 0.25) is 0 Å². The third kappa shape index (κ3) is 15.0. The van der Waals surface area contributed by atoms with Crippen LogP contribution < -0.4 is 10.2 Å². The van der Waals surface area contributed by atoms with Crippen LogP contribution in [0.15, 0.2) is 48.5 Å². The first-order valence-corrected chi connectivity index (χ1v) is 26.5. The first-order valence-electron chi connectivity index (χ1n) is 26.5. The summed E-state index contributed by atoms with van der Waals surface area (Å²) in [5.41, 5.74) is 4.90. The van der Waals surface area contributed by atoms with Crippen LogP contribution in [0.25, 0.3) is 22.5 Å². The number of ketones is 3. The molecule has 0 radical (unpaired) electrons. The Hall–Kier alpha value is -6.06. The smallest absolute Gasteiger partial charge is 0.306 e. The third-order valence-electron chi connectivity index (χ3n) is 14.2. The summed E-state index contributed by atoms with van der Waals surface area (Å²) in [6.07, 6.45) is 11.5. The Bertz CT molecular complexity index is 2340. The van der Waals surface area contributed by atoms with Crippen molar-refractivity contribution in [1.82, 2.24) is 30.1 Å². The van der Waals surface area contributed by atoms with Crippen molar-refractivity contribution in [2.75, 3.05) is 24.6 Å². The predicted molar refractivity (Wildman–Crippen MR) is 270 cm³/mol.